The molecule has 0 fully saturated rings. The molecule has 1 atom stereocenters. The maximum Gasteiger partial charge on any atom is 0.0334 e. The number of benzene rings is 1. The molecular formula is C12H18ClN. The normalized spacial score (nSPS) is 11.6. The van der Waals surface area contributed by atoms with Crippen molar-refractivity contribution in [3.05, 3.63) is 47.5 Å². The summed E-state index contributed by atoms with van der Waals surface area (Å²) in [6, 6.07) is 8.34. The van der Waals surface area contributed by atoms with Crippen molar-refractivity contribution >= 4 is 12.4 Å². The predicted octanol–water partition coefficient (Wildman–Crippen LogP) is 3.38. The monoisotopic (exact) mass is 211 g/mol. The number of rotatable bonds is 3. The zero-order valence-electron chi connectivity index (χ0n) is 8.79. The van der Waals surface area contributed by atoms with Gasteiger partial charge in [0.15, 0.2) is 0 Å². The number of nitrogens with two attached hydrogens (primary N) is 1. The largest absolute Gasteiger partial charge is 0.324 e. The summed E-state index contributed by atoms with van der Waals surface area (Å²) >= 11 is 0. The fourth-order valence-electron chi connectivity index (χ4n) is 1.49. The van der Waals surface area contributed by atoms with Crippen LogP contribution in [0.5, 0.6) is 0 Å². The van der Waals surface area contributed by atoms with Crippen molar-refractivity contribution < 1.29 is 0 Å². The van der Waals surface area contributed by atoms with Crippen LogP contribution in [-0.2, 0) is 0 Å². The minimum Gasteiger partial charge on any atom is -0.324 e. The molecule has 1 aromatic rings. The zero-order chi connectivity index (χ0) is 9.84. The minimum absolute atomic E-state index is 0. The van der Waals surface area contributed by atoms with Crippen molar-refractivity contribution in [1.82, 2.24) is 0 Å². The summed E-state index contributed by atoms with van der Waals surface area (Å²) in [6.07, 6.45) is 0.866. The molecule has 0 saturated heterocycles. The van der Waals surface area contributed by atoms with Crippen LogP contribution < -0.4 is 5.73 Å². The van der Waals surface area contributed by atoms with Gasteiger partial charge >= 0.3 is 0 Å². The maximum absolute atomic E-state index is 6.04. The van der Waals surface area contributed by atoms with Crippen molar-refractivity contribution in [3.8, 4) is 0 Å². The molecule has 2 heteroatoms. The highest BCUT2D eigenvalue weighted by Gasteiger charge is 2.07. The van der Waals surface area contributed by atoms with E-state index in [1.165, 1.54) is 11.1 Å². The van der Waals surface area contributed by atoms with Crippen molar-refractivity contribution in [3.63, 3.8) is 0 Å². The van der Waals surface area contributed by atoms with Crippen molar-refractivity contribution in [2.45, 2.75) is 26.3 Å². The average molecular weight is 212 g/mol. The van der Waals surface area contributed by atoms with Gasteiger partial charge in [-0.25, -0.2) is 0 Å². The molecule has 1 nitrogen and oxygen atoms in total. The van der Waals surface area contributed by atoms with Gasteiger partial charge in [0.25, 0.3) is 0 Å². The summed E-state index contributed by atoms with van der Waals surface area (Å²) in [7, 11) is 0. The van der Waals surface area contributed by atoms with Crippen LogP contribution in [0.3, 0.4) is 0 Å². The first-order chi connectivity index (χ1) is 6.11. The second-order valence-corrected chi connectivity index (χ2v) is 3.62. The summed E-state index contributed by atoms with van der Waals surface area (Å²) in [5.74, 6) is 0. The minimum atomic E-state index is 0. The summed E-state index contributed by atoms with van der Waals surface area (Å²) in [6.45, 7) is 7.97. The Morgan fingerprint density at radius 2 is 2.00 bits per heavy atom. The molecule has 2 N–H and O–H groups in total. The summed E-state index contributed by atoms with van der Waals surface area (Å²) in [5.41, 5.74) is 9.66. The Bertz CT molecular complexity index is 307. The third-order valence-electron chi connectivity index (χ3n) is 2.16. The van der Waals surface area contributed by atoms with Gasteiger partial charge in [-0.3, -0.25) is 0 Å². The fraction of sp³-hybridized carbons (Fsp3) is 0.333. The highest BCUT2D eigenvalue weighted by molar-refractivity contribution is 5.85. The summed E-state index contributed by atoms with van der Waals surface area (Å²) < 4.78 is 0. The Morgan fingerprint density at radius 1 is 1.43 bits per heavy atom. The lowest BCUT2D eigenvalue weighted by Gasteiger charge is -2.14. The van der Waals surface area contributed by atoms with Gasteiger partial charge < -0.3 is 5.73 Å². The van der Waals surface area contributed by atoms with Gasteiger partial charge in [0.05, 0.1) is 0 Å². The number of hydrogen-bond acceptors (Lipinski definition) is 1. The topological polar surface area (TPSA) is 26.0 Å². The molecule has 0 spiro atoms. The molecule has 1 rings (SSSR count). The van der Waals surface area contributed by atoms with Gasteiger partial charge in [0.1, 0.15) is 0 Å². The zero-order valence-corrected chi connectivity index (χ0v) is 9.60. The molecule has 0 aliphatic heterocycles. The molecule has 0 aliphatic rings. The predicted molar refractivity (Wildman–Crippen MR) is 64.8 cm³/mol. The van der Waals surface area contributed by atoms with Gasteiger partial charge in [-0.05, 0) is 31.4 Å². The number of hydrogen-bond donors (Lipinski definition) is 1. The standard InChI is InChI=1S/C12H17N.ClH/c1-9(2)8-12(13)11-7-5-4-6-10(11)3;/h4-7,12H,1,8,13H2,2-3H3;1H/t12-;/m1./s1. The lowest BCUT2D eigenvalue weighted by molar-refractivity contribution is 0.712. The van der Waals surface area contributed by atoms with Gasteiger partial charge in [0.2, 0.25) is 0 Å². The van der Waals surface area contributed by atoms with Crippen molar-refractivity contribution in [2.24, 2.45) is 5.73 Å². The Kier molecular flexibility index (Phi) is 5.51. The van der Waals surface area contributed by atoms with Crippen molar-refractivity contribution in [2.75, 3.05) is 0 Å². The molecule has 0 aliphatic carbocycles. The second kappa shape index (κ2) is 5.84. The third kappa shape index (κ3) is 3.52. The van der Waals surface area contributed by atoms with Gasteiger partial charge in [0, 0.05) is 6.04 Å². The van der Waals surface area contributed by atoms with Crippen molar-refractivity contribution in [1.29, 1.82) is 0 Å². The van der Waals surface area contributed by atoms with E-state index >= 15 is 0 Å². The third-order valence-corrected chi connectivity index (χ3v) is 2.16. The SMILES string of the molecule is C=C(C)C[C@@H](N)c1ccccc1C.Cl. The highest BCUT2D eigenvalue weighted by atomic mass is 35.5. The second-order valence-electron chi connectivity index (χ2n) is 3.62. The Balaban J connectivity index is 0.00000169. The molecule has 0 radical (unpaired) electrons. The Hall–Kier alpha value is -0.790. The molecule has 0 amide bonds. The van der Waals surface area contributed by atoms with Crippen LogP contribution in [-0.4, -0.2) is 0 Å². The van der Waals surface area contributed by atoms with Crippen LogP contribution in [0.4, 0.5) is 0 Å². The van der Waals surface area contributed by atoms with E-state index in [0.717, 1.165) is 12.0 Å². The van der Waals surface area contributed by atoms with Gasteiger partial charge in [-0.1, -0.05) is 29.8 Å². The smallest absolute Gasteiger partial charge is 0.0334 e. The van der Waals surface area contributed by atoms with E-state index in [-0.39, 0.29) is 18.4 Å². The van der Waals surface area contributed by atoms with Crippen LogP contribution in [0.2, 0.25) is 0 Å². The molecule has 0 unspecified atom stereocenters. The van der Waals surface area contributed by atoms with Crippen LogP contribution in [0, 0.1) is 6.92 Å². The highest BCUT2D eigenvalue weighted by Crippen LogP contribution is 2.20. The summed E-state index contributed by atoms with van der Waals surface area (Å²) in [4.78, 5) is 0. The Morgan fingerprint density at radius 3 is 2.50 bits per heavy atom. The van der Waals surface area contributed by atoms with E-state index < -0.39 is 0 Å². The quantitative estimate of drug-likeness (QED) is 0.763. The van der Waals surface area contributed by atoms with E-state index in [0.29, 0.717) is 0 Å². The molecule has 0 heterocycles. The Labute approximate surface area is 92.4 Å². The van der Waals surface area contributed by atoms with E-state index in [9.17, 15) is 0 Å². The van der Waals surface area contributed by atoms with Gasteiger partial charge in [-0.15, -0.1) is 19.0 Å². The molecule has 14 heavy (non-hydrogen) atoms. The number of aryl methyl sites for hydroxylation is 1. The average Bonchev–Trinajstić information content (AvgIpc) is 2.03. The first kappa shape index (κ1) is 13.2. The van der Waals surface area contributed by atoms with Crippen LogP contribution in [0.15, 0.2) is 36.4 Å². The summed E-state index contributed by atoms with van der Waals surface area (Å²) in [5, 5.41) is 0. The molecule has 78 valence electrons. The van der Waals surface area contributed by atoms with E-state index in [1.807, 2.05) is 19.1 Å². The lowest BCUT2D eigenvalue weighted by Crippen LogP contribution is -2.11. The lowest BCUT2D eigenvalue weighted by atomic mass is 9.97. The van der Waals surface area contributed by atoms with E-state index in [1.54, 1.807) is 0 Å². The van der Waals surface area contributed by atoms with E-state index in [4.69, 9.17) is 5.73 Å². The maximum atomic E-state index is 6.04. The molecule has 0 aromatic heterocycles. The van der Waals surface area contributed by atoms with E-state index in [2.05, 4.69) is 25.6 Å². The first-order valence-corrected chi connectivity index (χ1v) is 4.56. The van der Waals surface area contributed by atoms with Crippen LogP contribution in [0.1, 0.15) is 30.5 Å². The van der Waals surface area contributed by atoms with Crippen LogP contribution >= 0.6 is 12.4 Å². The first-order valence-electron chi connectivity index (χ1n) is 4.56. The number of halogens is 1. The fourth-order valence-corrected chi connectivity index (χ4v) is 1.49. The molecule has 0 saturated carbocycles. The molecular weight excluding hydrogens is 194 g/mol. The molecule has 0 bridgehead atoms. The van der Waals surface area contributed by atoms with Gasteiger partial charge in [-0.2, -0.15) is 0 Å². The molecule has 1 aromatic carbocycles. The van der Waals surface area contributed by atoms with Crippen LogP contribution in [0.25, 0.3) is 0 Å².